The maximum Gasteiger partial charge on any atom is 0.306 e. The third-order valence-corrected chi connectivity index (χ3v) is 8.32. The van der Waals surface area contributed by atoms with E-state index in [1.165, 1.54) is 148 Å². The van der Waals surface area contributed by atoms with Crippen molar-refractivity contribution >= 4 is 11.9 Å². The van der Waals surface area contributed by atoms with E-state index in [-0.39, 0.29) is 12.1 Å². The Morgan fingerprint density at radius 1 is 0.475 bits per heavy atom. The van der Waals surface area contributed by atoms with Crippen molar-refractivity contribution in [2.75, 3.05) is 0 Å². The summed E-state index contributed by atoms with van der Waals surface area (Å²) in [5.74, 6) is -0.666. The minimum Gasteiger partial charge on any atom is -0.481 e. The van der Waals surface area contributed by atoms with Crippen molar-refractivity contribution in [3.63, 3.8) is 0 Å². The normalized spacial score (nSPS) is 12.1. The van der Waals surface area contributed by atoms with Crippen molar-refractivity contribution in [1.82, 2.24) is 0 Å². The highest BCUT2D eigenvalue weighted by molar-refractivity contribution is 5.69. The van der Waals surface area contributed by atoms with Gasteiger partial charge in [-0.2, -0.15) is 0 Å². The van der Waals surface area contributed by atoms with E-state index in [0.717, 1.165) is 38.5 Å². The third kappa shape index (κ3) is 33.1. The number of carboxylic acid groups (broad SMARTS) is 1. The predicted molar refractivity (Wildman–Crippen MR) is 172 cm³/mol. The van der Waals surface area contributed by atoms with Crippen LogP contribution in [0.3, 0.4) is 0 Å². The summed E-state index contributed by atoms with van der Waals surface area (Å²) in [5, 5.41) is 8.63. The number of ether oxygens (including phenoxy) is 1. The van der Waals surface area contributed by atoms with Crippen LogP contribution in [0.15, 0.2) is 0 Å². The Balaban J connectivity index is 3.28. The molecule has 0 aromatic carbocycles. The van der Waals surface area contributed by atoms with Crippen molar-refractivity contribution in [3.8, 4) is 0 Å². The standard InChI is InChI=1S/C36H70O4/c1-3-4-5-6-7-8-9-10-11-15-18-21-24-27-30-33-36(39)40-34(2)31-28-25-22-19-16-13-12-14-17-20-23-26-29-32-35(37)38/h34H,3-33H2,1-2H3,(H,37,38). The Morgan fingerprint density at radius 2 is 0.775 bits per heavy atom. The van der Waals surface area contributed by atoms with Gasteiger partial charge in [0.25, 0.3) is 0 Å². The number of aliphatic carboxylic acids is 1. The van der Waals surface area contributed by atoms with Gasteiger partial charge in [-0.15, -0.1) is 0 Å². The molecule has 238 valence electrons. The number of unbranched alkanes of at least 4 members (excludes halogenated alkanes) is 26. The van der Waals surface area contributed by atoms with Gasteiger partial charge >= 0.3 is 11.9 Å². The molecule has 0 aliphatic heterocycles. The molecular formula is C36H70O4. The molecule has 0 saturated heterocycles. The molecule has 0 rings (SSSR count). The number of esters is 1. The zero-order valence-electron chi connectivity index (χ0n) is 27.2. The van der Waals surface area contributed by atoms with Crippen LogP contribution in [0.25, 0.3) is 0 Å². The van der Waals surface area contributed by atoms with Crippen LogP contribution >= 0.6 is 0 Å². The van der Waals surface area contributed by atoms with E-state index in [1.807, 2.05) is 0 Å². The number of carbonyl (C=O) groups is 2. The number of carbonyl (C=O) groups excluding carboxylic acids is 1. The lowest BCUT2D eigenvalue weighted by Gasteiger charge is -2.13. The Bertz CT molecular complexity index is 533. The molecule has 0 fully saturated rings. The summed E-state index contributed by atoms with van der Waals surface area (Å²) in [6, 6.07) is 0. The summed E-state index contributed by atoms with van der Waals surface area (Å²) >= 11 is 0. The highest BCUT2D eigenvalue weighted by Gasteiger charge is 2.09. The molecule has 1 atom stereocenters. The van der Waals surface area contributed by atoms with Crippen LogP contribution in [0.2, 0.25) is 0 Å². The largest absolute Gasteiger partial charge is 0.481 e. The Labute approximate surface area is 250 Å². The van der Waals surface area contributed by atoms with E-state index in [1.54, 1.807) is 0 Å². The average Bonchev–Trinajstić information content (AvgIpc) is 2.92. The first-order valence-electron chi connectivity index (χ1n) is 18.0. The van der Waals surface area contributed by atoms with Gasteiger partial charge in [0.15, 0.2) is 0 Å². The van der Waals surface area contributed by atoms with E-state index in [0.29, 0.717) is 12.8 Å². The second-order valence-corrected chi connectivity index (χ2v) is 12.5. The first-order valence-corrected chi connectivity index (χ1v) is 18.0. The first-order chi connectivity index (χ1) is 19.6. The minimum absolute atomic E-state index is 0.00227. The monoisotopic (exact) mass is 567 g/mol. The molecule has 40 heavy (non-hydrogen) atoms. The van der Waals surface area contributed by atoms with Crippen molar-refractivity contribution in [2.45, 2.75) is 219 Å². The van der Waals surface area contributed by atoms with Gasteiger partial charge in [-0.05, 0) is 32.6 Å². The highest BCUT2D eigenvalue weighted by Crippen LogP contribution is 2.16. The lowest BCUT2D eigenvalue weighted by molar-refractivity contribution is -0.148. The average molecular weight is 567 g/mol. The maximum atomic E-state index is 12.1. The van der Waals surface area contributed by atoms with Gasteiger partial charge in [0.1, 0.15) is 0 Å². The smallest absolute Gasteiger partial charge is 0.306 e. The topological polar surface area (TPSA) is 63.6 Å². The molecule has 4 heteroatoms. The quantitative estimate of drug-likeness (QED) is 0.0633. The molecule has 4 nitrogen and oxygen atoms in total. The van der Waals surface area contributed by atoms with E-state index in [2.05, 4.69) is 13.8 Å². The molecule has 0 heterocycles. The lowest BCUT2D eigenvalue weighted by atomic mass is 10.0. The van der Waals surface area contributed by atoms with E-state index >= 15 is 0 Å². The molecule has 0 aliphatic carbocycles. The van der Waals surface area contributed by atoms with Crippen LogP contribution in [0, 0.1) is 0 Å². The number of carboxylic acids is 1. The van der Waals surface area contributed by atoms with Crippen LogP contribution in [0.4, 0.5) is 0 Å². The molecule has 0 aliphatic rings. The van der Waals surface area contributed by atoms with Crippen molar-refractivity contribution in [1.29, 1.82) is 0 Å². The second-order valence-electron chi connectivity index (χ2n) is 12.5. The van der Waals surface area contributed by atoms with E-state index in [4.69, 9.17) is 9.84 Å². The fourth-order valence-electron chi connectivity index (χ4n) is 5.64. The van der Waals surface area contributed by atoms with Gasteiger partial charge in [-0.1, -0.05) is 167 Å². The van der Waals surface area contributed by atoms with Gasteiger partial charge in [-0.3, -0.25) is 9.59 Å². The Morgan fingerprint density at radius 3 is 1.12 bits per heavy atom. The SMILES string of the molecule is CCCCCCCCCCCCCCCCCC(=O)OC(C)CCCCCCCCCCCCCCCC(=O)O. The Hall–Kier alpha value is -1.06. The fourth-order valence-corrected chi connectivity index (χ4v) is 5.64. The minimum atomic E-state index is -0.668. The molecule has 1 unspecified atom stereocenters. The molecule has 1 N–H and O–H groups in total. The first kappa shape index (κ1) is 38.9. The van der Waals surface area contributed by atoms with Gasteiger partial charge < -0.3 is 9.84 Å². The van der Waals surface area contributed by atoms with Gasteiger partial charge in [0.2, 0.25) is 0 Å². The van der Waals surface area contributed by atoms with E-state index in [9.17, 15) is 9.59 Å². The summed E-state index contributed by atoms with van der Waals surface area (Å²) in [5.41, 5.74) is 0. The number of hydrogen-bond acceptors (Lipinski definition) is 3. The highest BCUT2D eigenvalue weighted by atomic mass is 16.5. The molecule has 0 spiro atoms. The van der Waals surface area contributed by atoms with Crippen molar-refractivity contribution < 1.29 is 19.4 Å². The van der Waals surface area contributed by atoms with Gasteiger partial charge in [0.05, 0.1) is 6.10 Å². The van der Waals surface area contributed by atoms with Crippen molar-refractivity contribution in [2.24, 2.45) is 0 Å². The second kappa shape index (κ2) is 32.5. The molecule has 0 radical (unpaired) electrons. The van der Waals surface area contributed by atoms with Crippen molar-refractivity contribution in [3.05, 3.63) is 0 Å². The third-order valence-electron chi connectivity index (χ3n) is 8.32. The van der Waals surface area contributed by atoms with E-state index < -0.39 is 5.97 Å². The zero-order chi connectivity index (χ0) is 29.4. The maximum absolute atomic E-state index is 12.1. The van der Waals surface area contributed by atoms with Crippen LogP contribution in [0.1, 0.15) is 213 Å². The van der Waals surface area contributed by atoms with Crippen LogP contribution in [0.5, 0.6) is 0 Å². The summed E-state index contributed by atoms with van der Waals surface area (Å²) in [7, 11) is 0. The summed E-state index contributed by atoms with van der Waals surface area (Å²) in [6.07, 6.45) is 38.1. The molecular weight excluding hydrogens is 496 g/mol. The molecule has 0 aromatic rings. The van der Waals surface area contributed by atoms with Crippen LogP contribution < -0.4 is 0 Å². The number of rotatable bonds is 33. The van der Waals surface area contributed by atoms with Crippen LogP contribution in [-0.4, -0.2) is 23.1 Å². The lowest BCUT2D eigenvalue weighted by Crippen LogP contribution is -2.14. The fraction of sp³-hybridized carbons (Fsp3) is 0.944. The number of hydrogen-bond donors (Lipinski definition) is 1. The molecule has 0 saturated carbocycles. The molecule has 0 amide bonds. The molecule has 0 bridgehead atoms. The van der Waals surface area contributed by atoms with Gasteiger partial charge in [0, 0.05) is 12.8 Å². The van der Waals surface area contributed by atoms with Gasteiger partial charge in [-0.25, -0.2) is 0 Å². The summed E-state index contributed by atoms with van der Waals surface area (Å²) < 4.78 is 5.63. The summed E-state index contributed by atoms with van der Waals surface area (Å²) in [6.45, 7) is 4.33. The van der Waals surface area contributed by atoms with Crippen LogP contribution in [-0.2, 0) is 14.3 Å². The predicted octanol–water partition coefficient (Wildman–Crippen LogP) is 12.1. The zero-order valence-corrected chi connectivity index (χ0v) is 27.2. The Kier molecular flexibility index (Phi) is 31.6. The molecule has 0 aromatic heterocycles. The summed E-state index contributed by atoms with van der Waals surface area (Å²) in [4.78, 5) is 22.6.